The second kappa shape index (κ2) is 7.95. The van der Waals surface area contributed by atoms with Crippen molar-refractivity contribution in [3.05, 3.63) is 53.7 Å². The minimum Gasteiger partial charge on any atom is -0.490 e. The van der Waals surface area contributed by atoms with Gasteiger partial charge in [-0.1, -0.05) is 18.2 Å². The molecule has 3 aromatic rings. The van der Waals surface area contributed by atoms with Crippen LogP contribution in [-0.4, -0.2) is 29.9 Å². The third kappa shape index (κ3) is 3.79. The number of Topliss-reactive ketones (excluding diaryl/α,β-unsaturated/α-hetero) is 1. The molecule has 1 heterocycles. The normalized spacial score (nSPS) is 10.6. The molecule has 0 radical (unpaired) electrons. The highest BCUT2D eigenvalue weighted by Gasteiger charge is 2.23. The molecule has 27 heavy (non-hydrogen) atoms. The molecule has 0 spiro atoms. The number of carbonyl (C=O) groups is 2. The number of H-pyrrole nitrogens is 1. The number of aromatic amines is 1. The van der Waals surface area contributed by atoms with Crippen LogP contribution < -0.4 is 14.8 Å². The van der Waals surface area contributed by atoms with Crippen molar-refractivity contribution in [2.45, 2.75) is 20.8 Å². The van der Waals surface area contributed by atoms with E-state index < -0.39 is 11.7 Å². The zero-order valence-electron chi connectivity index (χ0n) is 15.6. The molecule has 0 aliphatic rings. The first-order chi connectivity index (χ1) is 13.0. The monoisotopic (exact) mass is 366 g/mol. The fourth-order valence-electron chi connectivity index (χ4n) is 3.00. The van der Waals surface area contributed by atoms with E-state index in [4.69, 9.17) is 9.47 Å². The van der Waals surface area contributed by atoms with Gasteiger partial charge in [0.1, 0.15) is 0 Å². The van der Waals surface area contributed by atoms with Crippen LogP contribution >= 0.6 is 0 Å². The van der Waals surface area contributed by atoms with Crippen LogP contribution in [0.3, 0.4) is 0 Å². The van der Waals surface area contributed by atoms with E-state index in [1.54, 1.807) is 25.1 Å². The first kappa shape index (κ1) is 18.5. The van der Waals surface area contributed by atoms with Crippen molar-refractivity contribution in [1.82, 2.24) is 4.98 Å². The van der Waals surface area contributed by atoms with Gasteiger partial charge < -0.3 is 19.8 Å². The fourth-order valence-corrected chi connectivity index (χ4v) is 3.00. The summed E-state index contributed by atoms with van der Waals surface area (Å²) in [5.41, 5.74) is 2.35. The Balaban J connectivity index is 1.85. The molecule has 6 nitrogen and oxygen atoms in total. The van der Waals surface area contributed by atoms with Gasteiger partial charge in [0.15, 0.2) is 11.5 Å². The zero-order chi connectivity index (χ0) is 19.4. The second-order valence-corrected chi connectivity index (χ2v) is 5.98. The lowest BCUT2D eigenvalue weighted by molar-refractivity contribution is -0.112. The van der Waals surface area contributed by atoms with Gasteiger partial charge in [-0.2, -0.15) is 0 Å². The van der Waals surface area contributed by atoms with Gasteiger partial charge in [-0.05, 0) is 39.0 Å². The summed E-state index contributed by atoms with van der Waals surface area (Å²) in [5.74, 6) is -0.171. The van der Waals surface area contributed by atoms with Crippen molar-refractivity contribution in [1.29, 1.82) is 0 Å². The van der Waals surface area contributed by atoms with Crippen LogP contribution in [0.1, 0.15) is 29.9 Å². The molecule has 140 valence electrons. The Morgan fingerprint density at radius 2 is 1.70 bits per heavy atom. The van der Waals surface area contributed by atoms with Gasteiger partial charge in [-0.3, -0.25) is 9.59 Å². The Bertz CT molecular complexity index is 991. The minimum absolute atomic E-state index is 0.388. The molecule has 3 rings (SSSR count). The average Bonchev–Trinajstić information content (AvgIpc) is 2.99. The van der Waals surface area contributed by atoms with Crippen molar-refractivity contribution in [2.24, 2.45) is 0 Å². The van der Waals surface area contributed by atoms with Crippen LogP contribution in [0.5, 0.6) is 11.5 Å². The average molecular weight is 366 g/mol. The van der Waals surface area contributed by atoms with Crippen LogP contribution in [0, 0.1) is 6.92 Å². The number of hydrogen-bond donors (Lipinski definition) is 2. The Morgan fingerprint density at radius 3 is 2.44 bits per heavy atom. The molecule has 1 aromatic heterocycles. The van der Waals surface area contributed by atoms with Crippen molar-refractivity contribution >= 4 is 28.3 Å². The van der Waals surface area contributed by atoms with Gasteiger partial charge in [-0.25, -0.2) is 0 Å². The van der Waals surface area contributed by atoms with Crippen LogP contribution in [0.25, 0.3) is 10.9 Å². The van der Waals surface area contributed by atoms with E-state index in [0.29, 0.717) is 41.7 Å². The first-order valence-corrected chi connectivity index (χ1v) is 8.87. The molecule has 0 saturated heterocycles. The lowest BCUT2D eigenvalue weighted by Crippen LogP contribution is -2.23. The maximum atomic E-state index is 12.7. The predicted octanol–water partition coefficient (Wildman–Crippen LogP) is 4.10. The maximum Gasteiger partial charge on any atom is 0.296 e. The van der Waals surface area contributed by atoms with Gasteiger partial charge in [-0.15, -0.1) is 0 Å². The number of ether oxygens (including phenoxy) is 2. The molecule has 0 atom stereocenters. The third-order valence-corrected chi connectivity index (χ3v) is 4.13. The first-order valence-electron chi connectivity index (χ1n) is 8.87. The lowest BCUT2D eigenvalue weighted by atomic mass is 10.1. The molecule has 0 fully saturated rings. The standard InChI is InChI=1S/C21H22N2O4/c1-4-26-17-11-10-14(12-18(17)27-5-2)23-21(25)20(24)19-13(3)22-16-9-7-6-8-15(16)19/h6-12,22H,4-5H2,1-3H3,(H,23,25). The Hall–Kier alpha value is -3.28. The van der Waals surface area contributed by atoms with Crippen molar-refractivity contribution in [3.8, 4) is 11.5 Å². The highest BCUT2D eigenvalue weighted by molar-refractivity contribution is 6.48. The number of carbonyl (C=O) groups excluding carboxylic acids is 2. The second-order valence-electron chi connectivity index (χ2n) is 5.98. The Labute approximate surface area is 157 Å². The number of fused-ring (bicyclic) bond motifs is 1. The van der Waals surface area contributed by atoms with E-state index in [0.717, 1.165) is 10.9 Å². The van der Waals surface area contributed by atoms with Crippen LogP contribution in [0.2, 0.25) is 0 Å². The van der Waals surface area contributed by atoms with Gasteiger partial charge in [0.2, 0.25) is 0 Å². The number of benzene rings is 2. The number of rotatable bonds is 7. The van der Waals surface area contributed by atoms with Crippen LogP contribution in [0.15, 0.2) is 42.5 Å². The van der Waals surface area contributed by atoms with Gasteiger partial charge in [0, 0.05) is 28.4 Å². The smallest absolute Gasteiger partial charge is 0.296 e. The maximum absolute atomic E-state index is 12.7. The molecule has 0 bridgehead atoms. The molecule has 1 amide bonds. The summed E-state index contributed by atoms with van der Waals surface area (Å²) in [6, 6.07) is 12.5. The largest absolute Gasteiger partial charge is 0.490 e. The summed E-state index contributed by atoms with van der Waals surface area (Å²) >= 11 is 0. The number of anilines is 1. The van der Waals surface area contributed by atoms with E-state index in [1.165, 1.54) is 0 Å². The fraction of sp³-hybridized carbons (Fsp3) is 0.238. The molecule has 2 aromatic carbocycles. The molecular formula is C21H22N2O4. The topological polar surface area (TPSA) is 80.4 Å². The number of nitrogens with one attached hydrogen (secondary N) is 2. The lowest BCUT2D eigenvalue weighted by Gasteiger charge is -2.13. The summed E-state index contributed by atoms with van der Waals surface area (Å²) in [4.78, 5) is 28.4. The Morgan fingerprint density at radius 1 is 1.00 bits per heavy atom. The van der Waals surface area contributed by atoms with Gasteiger partial charge in [0.05, 0.1) is 18.8 Å². The SMILES string of the molecule is CCOc1ccc(NC(=O)C(=O)c2c(C)[nH]c3ccccc23)cc1OCC. The Kier molecular flexibility index (Phi) is 5.45. The van der Waals surface area contributed by atoms with Crippen molar-refractivity contribution < 1.29 is 19.1 Å². The van der Waals surface area contributed by atoms with E-state index in [-0.39, 0.29) is 0 Å². The van der Waals surface area contributed by atoms with Crippen molar-refractivity contribution in [2.75, 3.05) is 18.5 Å². The minimum atomic E-state index is -0.700. The predicted molar refractivity (Wildman–Crippen MR) is 105 cm³/mol. The number of aromatic nitrogens is 1. The molecular weight excluding hydrogens is 344 g/mol. The summed E-state index contributed by atoms with van der Waals surface area (Å²) in [7, 11) is 0. The number of amides is 1. The summed E-state index contributed by atoms with van der Waals surface area (Å²) < 4.78 is 11.1. The molecule has 6 heteroatoms. The quantitative estimate of drug-likeness (QED) is 0.487. The molecule has 2 N–H and O–H groups in total. The molecule has 0 aliphatic heterocycles. The van der Waals surface area contributed by atoms with Crippen molar-refractivity contribution in [3.63, 3.8) is 0 Å². The summed E-state index contributed by atoms with van der Waals surface area (Å²) in [6.07, 6.45) is 0. The number of hydrogen-bond acceptors (Lipinski definition) is 4. The molecule has 0 unspecified atom stereocenters. The van der Waals surface area contributed by atoms with E-state index in [2.05, 4.69) is 10.3 Å². The molecule has 0 saturated carbocycles. The number of aryl methyl sites for hydroxylation is 1. The van der Waals surface area contributed by atoms with Gasteiger partial charge in [0.25, 0.3) is 11.7 Å². The summed E-state index contributed by atoms with van der Waals surface area (Å²) in [6.45, 7) is 6.50. The molecule has 0 aliphatic carbocycles. The summed E-state index contributed by atoms with van der Waals surface area (Å²) in [5, 5.41) is 3.39. The van der Waals surface area contributed by atoms with Gasteiger partial charge >= 0.3 is 0 Å². The highest BCUT2D eigenvalue weighted by Crippen LogP contribution is 2.31. The van der Waals surface area contributed by atoms with E-state index >= 15 is 0 Å². The van der Waals surface area contributed by atoms with Crippen LogP contribution in [-0.2, 0) is 4.79 Å². The zero-order valence-corrected chi connectivity index (χ0v) is 15.6. The third-order valence-electron chi connectivity index (χ3n) is 4.13. The van der Waals surface area contributed by atoms with E-state index in [1.807, 2.05) is 38.1 Å². The number of ketones is 1. The van der Waals surface area contributed by atoms with E-state index in [9.17, 15) is 9.59 Å². The highest BCUT2D eigenvalue weighted by atomic mass is 16.5. The number of para-hydroxylation sites is 1. The van der Waals surface area contributed by atoms with Crippen LogP contribution in [0.4, 0.5) is 5.69 Å².